The molecule has 4 aromatic rings. The SMILES string of the molecule is CN=c1ccc2c(-c3ccc(C(=O)NCC(=O)NCc4c(O)ccc5c(-c6ccc(C(=O)O)cc6C(=O)O)c6ccc(=O)cc-6oc45)cc3C(=O)O)c3ccc(N(C)C)cc3oc-2c1. The van der Waals surface area contributed by atoms with Gasteiger partial charge in [0.15, 0.2) is 5.43 Å². The number of carboxylic acid groups (broad SMARTS) is 3. The molecule has 0 fully saturated rings. The van der Waals surface area contributed by atoms with Gasteiger partial charge in [-0.15, -0.1) is 0 Å². The molecule has 0 spiro atoms. The van der Waals surface area contributed by atoms with Gasteiger partial charge in [-0.3, -0.25) is 19.4 Å². The predicted molar refractivity (Wildman–Crippen MR) is 235 cm³/mol. The van der Waals surface area contributed by atoms with Crippen LogP contribution in [0.2, 0.25) is 0 Å². The summed E-state index contributed by atoms with van der Waals surface area (Å²) in [6, 6.07) is 25.4. The van der Waals surface area contributed by atoms with Crippen LogP contribution in [0.5, 0.6) is 5.75 Å². The quantitative estimate of drug-likeness (QED) is 0.0759. The van der Waals surface area contributed by atoms with Gasteiger partial charge in [0.1, 0.15) is 28.4 Å². The van der Waals surface area contributed by atoms with E-state index in [1.54, 1.807) is 25.2 Å². The van der Waals surface area contributed by atoms with Crippen molar-refractivity contribution in [3.63, 3.8) is 0 Å². The fourth-order valence-corrected chi connectivity index (χ4v) is 7.68. The molecule has 0 bridgehead atoms. The summed E-state index contributed by atoms with van der Waals surface area (Å²) in [5, 5.41) is 47.8. The Balaban J connectivity index is 1.08. The van der Waals surface area contributed by atoms with Gasteiger partial charge < -0.3 is 44.8 Å². The highest BCUT2D eigenvalue weighted by Gasteiger charge is 2.26. The molecule has 0 radical (unpaired) electrons. The number of hydrogen-bond donors (Lipinski definition) is 6. The second-order valence-electron chi connectivity index (χ2n) is 14.9. The standard InChI is InChI=1S/C48H36N4O12/c1-49-25-6-11-30-38(18-25)63-39-19-26(52(2)3)7-12-31(39)42(30)28-9-4-23(16-34(28)47(59)60)45(56)51-22-41(55)50-21-36-37(54)15-14-33-43(32-13-8-27(53)20-40(32)64-44(33)36)29-10-5-24(46(57)58)17-35(29)48(61)62/h4-20,54H,21-22H2,1-3H3,(H,50,55)(H,51,56)(H,57,58)(H,59,60)(H,61,62). The fraction of sp³-hybridized carbons (Fsp3) is 0.104. The van der Waals surface area contributed by atoms with E-state index >= 15 is 0 Å². The van der Waals surface area contributed by atoms with Crippen LogP contribution < -0.4 is 26.3 Å². The maximum atomic E-state index is 13.5. The maximum Gasteiger partial charge on any atom is 0.336 e. The highest BCUT2D eigenvalue weighted by atomic mass is 16.4. The number of benzene rings is 6. The number of carbonyl (C=O) groups excluding carboxylic acids is 2. The summed E-state index contributed by atoms with van der Waals surface area (Å²) in [4.78, 5) is 82.2. The van der Waals surface area contributed by atoms with Gasteiger partial charge in [0, 0.05) is 83.6 Å². The zero-order valence-electron chi connectivity index (χ0n) is 34.2. The van der Waals surface area contributed by atoms with E-state index < -0.39 is 41.7 Å². The van der Waals surface area contributed by atoms with Crippen molar-refractivity contribution >= 4 is 57.3 Å². The van der Waals surface area contributed by atoms with E-state index in [9.17, 15) is 49.2 Å². The summed E-state index contributed by atoms with van der Waals surface area (Å²) in [6.45, 7) is -0.925. The number of phenols is 1. The van der Waals surface area contributed by atoms with Gasteiger partial charge in [0.25, 0.3) is 5.91 Å². The van der Waals surface area contributed by atoms with Crippen molar-refractivity contribution in [2.45, 2.75) is 6.54 Å². The fourth-order valence-electron chi connectivity index (χ4n) is 7.68. The van der Waals surface area contributed by atoms with Gasteiger partial charge in [-0.2, -0.15) is 0 Å². The molecule has 2 amide bonds. The highest BCUT2D eigenvalue weighted by molar-refractivity contribution is 6.11. The molecule has 2 aliphatic heterocycles. The Morgan fingerprint density at radius 3 is 1.91 bits per heavy atom. The minimum absolute atomic E-state index is 0.0102. The summed E-state index contributed by atoms with van der Waals surface area (Å²) >= 11 is 0. The maximum absolute atomic E-state index is 13.5. The number of aromatic carboxylic acids is 3. The lowest BCUT2D eigenvalue weighted by Gasteiger charge is -2.19. The second-order valence-corrected chi connectivity index (χ2v) is 14.9. The number of fused-ring (bicyclic) bond motifs is 4. The Labute approximate surface area is 361 Å². The summed E-state index contributed by atoms with van der Waals surface area (Å²) in [6.07, 6.45) is 0. The minimum Gasteiger partial charge on any atom is -0.507 e. The Morgan fingerprint density at radius 2 is 1.25 bits per heavy atom. The van der Waals surface area contributed by atoms with E-state index in [4.69, 9.17) is 8.83 Å². The van der Waals surface area contributed by atoms with E-state index in [1.807, 2.05) is 37.2 Å². The molecule has 16 nitrogen and oxygen atoms in total. The topological polar surface area (TPSA) is 249 Å². The average molecular weight is 861 g/mol. The van der Waals surface area contributed by atoms with Crippen molar-refractivity contribution in [1.29, 1.82) is 0 Å². The summed E-state index contributed by atoms with van der Waals surface area (Å²) in [5.74, 6) is -5.33. The van der Waals surface area contributed by atoms with Gasteiger partial charge in [0.05, 0.1) is 40.7 Å². The van der Waals surface area contributed by atoms with Crippen molar-refractivity contribution < 1.29 is 53.2 Å². The molecule has 16 heteroatoms. The van der Waals surface area contributed by atoms with E-state index in [-0.39, 0.29) is 68.0 Å². The van der Waals surface area contributed by atoms with Gasteiger partial charge in [-0.25, -0.2) is 14.4 Å². The molecular formula is C48H36N4O12. The van der Waals surface area contributed by atoms with Crippen molar-refractivity contribution in [3.8, 4) is 50.7 Å². The van der Waals surface area contributed by atoms with Crippen LogP contribution in [0.1, 0.15) is 47.0 Å². The lowest BCUT2D eigenvalue weighted by Crippen LogP contribution is -2.36. The highest BCUT2D eigenvalue weighted by Crippen LogP contribution is 2.45. The number of carbonyl (C=O) groups is 5. The van der Waals surface area contributed by atoms with Gasteiger partial charge in [0.2, 0.25) is 5.91 Å². The van der Waals surface area contributed by atoms with Gasteiger partial charge >= 0.3 is 17.9 Å². The van der Waals surface area contributed by atoms with Crippen molar-refractivity contribution in [1.82, 2.24) is 10.6 Å². The van der Waals surface area contributed by atoms with Crippen LogP contribution in [0.25, 0.3) is 66.8 Å². The Kier molecular flexibility index (Phi) is 10.9. The Hall–Kier alpha value is -8.79. The number of hydrogen-bond acceptors (Lipinski definition) is 11. The lowest BCUT2D eigenvalue weighted by atomic mass is 9.89. The molecule has 8 rings (SSSR count). The zero-order chi connectivity index (χ0) is 45.6. The zero-order valence-corrected chi connectivity index (χ0v) is 34.2. The van der Waals surface area contributed by atoms with Crippen LogP contribution in [0.3, 0.4) is 0 Å². The van der Waals surface area contributed by atoms with Crippen LogP contribution in [0, 0.1) is 0 Å². The number of phenolic OH excluding ortho intramolecular Hbond substituents is 1. The van der Waals surface area contributed by atoms with Crippen LogP contribution in [-0.4, -0.2) is 77.8 Å². The molecular weight excluding hydrogens is 825 g/mol. The number of carboxylic acids is 3. The number of anilines is 1. The lowest BCUT2D eigenvalue weighted by molar-refractivity contribution is -0.120. The first kappa shape index (κ1) is 41.9. The number of nitrogens with zero attached hydrogens (tertiary/aromatic N) is 2. The third-order valence-electron chi connectivity index (χ3n) is 10.8. The third kappa shape index (κ3) is 7.70. The molecule has 2 aliphatic carbocycles. The summed E-state index contributed by atoms with van der Waals surface area (Å²) < 4.78 is 12.4. The van der Waals surface area contributed by atoms with Crippen LogP contribution in [-0.2, 0) is 11.3 Å². The van der Waals surface area contributed by atoms with Crippen LogP contribution in [0.4, 0.5) is 5.69 Å². The van der Waals surface area contributed by atoms with Gasteiger partial charge in [-0.1, -0.05) is 12.1 Å². The largest absolute Gasteiger partial charge is 0.507 e. The first-order valence-corrected chi connectivity index (χ1v) is 19.5. The smallest absolute Gasteiger partial charge is 0.336 e. The third-order valence-corrected chi connectivity index (χ3v) is 10.8. The predicted octanol–water partition coefficient (Wildman–Crippen LogP) is 6.53. The molecule has 4 aromatic carbocycles. The first-order chi connectivity index (χ1) is 30.6. The number of aromatic hydroxyl groups is 1. The molecule has 6 N–H and O–H groups in total. The molecule has 0 saturated heterocycles. The molecule has 64 heavy (non-hydrogen) atoms. The molecule has 4 aliphatic rings. The van der Waals surface area contributed by atoms with Gasteiger partial charge in [-0.05, 0) is 83.9 Å². The molecule has 0 atom stereocenters. The van der Waals surface area contributed by atoms with E-state index in [1.165, 1.54) is 60.7 Å². The van der Waals surface area contributed by atoms with Crippen LogP contribution >= 0.6 is 0 Å². The Morgan fingerprint density at radius 1 is 0.641 bits per heavy atom. The number of amides is 2. The molecule has 2 heterocycles. The number of rotatable bonds is 11. The number of nitrogens with one attached hydrogen (secondary N) is 2. The van der Waals surface area contributed by atoms with Crippen LogP contribution in [0.15, 0.2) is 122 Å². The second kappa shape index (κ2) is 16.6. The molecule has 0 aromatic heterocycles. The van der Waals surface area contributed by atoms with Crippen molar-refractivity contribution in [2.24, 2.45) is 4.99 Å². The van der Waals surface area contributed by atoms with E-state index in [0.717, 1.165) is 11.8 Å². The van der Waals surface area contributed by atoms with Crippen molar-refractivity contribution in [2.75, 3.05) is 32.6 Å². The molecule has 320 valence electrons. The molecule has 0 saturated carbocycles. The summed E-state index contributed by atoms with van der Waals surface area (Å²) in [5.41, 5.74) is 2.35. The van der Waals surface area contributed by atoms with E-state index in [2.05, 4.69) is 15.6 Å². The molecule has 0 unspecified atom stereocenters. The Bertz CT molecular complexity index is 3350. The average Bonchev–Trinajstić information content (AvgIpc) is 3.27. The van der Waals surface area contributed by atoms with Crippen molar-refractivity contribution in [3.05, 3.63) is 147 Å². The normalized spacial score (nSPS) is 11.6. The van der Waals surface area contributed by atoms with E-state index in [0.29, 0.717) is 44.3 Å². The first-order valence-electron chi connectivity index (χ1n) is 19.5. The summed E-state index contributed by atoms with van der Waals surface area (Å²) in [7, 11) is 5.42. The minimum atomic E-state index is -1.42. The monoisotopic (exact) mass is 860 g/mol.